The average molecular weight is 396 g/mol. The molecule has 4 nitrogen and oxygen atoms in total. The van der Waals surface area contributed by atoms with Crippen LogP contribution in [0.25, 0.3) is 11.3 Å². The first-order valence-corrected chi connectivity index (χ1v) is 10.4. The van der Waals surface area contributed by atoms with Crippen LogP contribution in [0.1, 0.15) is 36.8 Å². The standard InChI is InChI=1S/C22H22FN3OS/c23-19-11-10-17(18(12-19)14-27-20-8-4-5-9-20)13-24-26-22-25-21(15-28-22)16-6-2-1-3-7-16/h1-3,6-7,10-13,15,20H,4-5,8-9,14H2,(H,25,26). The number of hydrogen-bond donors (Lipinski definition) is 1. The van der Waals surface area contributed by atoms with Crippen molar-refractivity contribution in [1.29, 1.82) is 0 Å². The zero-order chi connectivity index (χ0) is 19.2. The minimum absolute atomic E-state index is 0.262. The molecule has 0 radical (unpaired) electrons. The first-order valence-electron chi connectivity index (χ1n) is 9.48. The van der Waals surface area contributed by atoms with Crippen molar-refractivity contribution in [3.8, 4) is 11.3 Å². The fourth-order valence-electron chi connectivity index (χ4n) is 3.31. The van der Waals surface area contributed by atoms with E-state index in [1.165, 1.54) is 36.3 Å². The van der Waals surface area contributed by atoms with Gasteiger partial charge in [-0.1, -0.05) is 49.2 Å². The van der Waals surface area contributed by atoms with Crippen molar-refractivity contribution in [3.63, 3.8) is 0 Å². The van der Waals surface area contributed by atoms with Crippen molar-refractivity contribution in [2.45, 2.75) is 38.4 Å². The molecule has 144 valence electrons. The van der Waals surface area contributed by atoms with Gasteiger partial charge in [-0.25, -0.2) is 9.37 Å². The summed E-state index contributed by atoms with van der Waals surface area (Å²) in [6, 6.07) is 14.7. The molecule has 1 aliphatic carbocycles. The minimum atomic E-state index is -0.262. The van der Waals surface area contributed by atoms with Gasteiger partial charge in [0.15, 0.2) is 0 Å². The molecule has 0 spiro atoms. The summed E-state index contributed by atoms with van der Waals surface area (Å²) in [5.74, 6) is -0.262. The van der Waals surface area contributed by atoms with E-state index in [4.69, 9.17) is 4.74 Å². The normalized spacial score (nSPS) is 14.8. The Labute approximate surface area is 168 Å². The smallest absolute Gasteiger partial charge is 0.203 e. The molecule has 0 saturated heterocycles. The summed E-state index contributed by atoms with van der Waals surface area (Å²) in [4.78, 5) is 4.55. The van der Waals surface area contributed by atoms with Gasteiger partial charge in [-0.2, -0.15) is 5.10 Å². The number of aromatic nitrogens is 1. The molecule has 1 aromatic heterocycles. The van der Waals surface area contributed by atoms with Crippen molar-refractivity contribution in [3.05, 3.63) is 70.9 Å². The highest BCUT2D eigenvalue weighted by molar-refractivity contribution is 7.14. The first kappa shape index (κ1) is 18.8. The van der Waals surface area contributed by atoms with Gasteiger partial charge in [0.1, 0.15) is 5.82 Å². The van der Waals surface area contributed by atoms with E-state index in [-0.39, 0.29) is 11.9 Å². The number of anilines is 1. The molecular formula is C22H22FN3OS. The molecule has 0 unspecified atom stereocenters. The van der Waals surface area contributed by atoms with Crippen LogP contribution in [0.2, 0.25) is 0 Å². The molecule has 0 atom stereocenters. The topological polar surface area (TPSA) is 46.5 Å². The Hall–Kier alpha value is -2.57. The number of nitrogens with zero attached hydrogens (tertiary/aromatic N) is 2. The summed E-state index contributed by atoms with van der Waals surface area (Å²) in [6.07, 6.45) is 6.59. The lowest BCUT2D eigenvalue weighted by Gasteiger charge is -2.12. The van der Waals surface area contributed by atoms with E-state index < -0.39 is 0 Å². The second kappa shape index (κ2) is 9.08. The molecule has 4 rings (SSSR count). The Kier molecular flexibility index (Phi) is 6.09. The van der Waals surface area contributed by atoms with Gasteiger partial charge in [0.2, 0.25) is 5.13 Å². The molecular weight excluding hydrogens is 373 g/mol. The van der Waals surface area contributed by atoms with Crippen molar-refractivity contribution in [2.75, 3.05) is 5.43 Å². The summed E-state index contributed by atoms with van der Waals surface area (Å²) in [5, 5.41) is 6.99. The third-order valence-corrected chi connectivity index (χ3v) is 5.57. The highest BCUT2D eigenvalue weighted by Crippen LogP contribution is 2.25. The highest BCUT2D eigenvalue weighted by Gasteiger charge is 2.16. The zero-order valence-electron chi connectivity index (χ0n) is 15.5. The maximum absolute atomic E-state index is 13.7. The van der Waals surface area contributed by atoms with Gasteiger partial charge in [-0.05, 0) is 30.5 Å². The predicted octanol–water partition coefficient (Wildman–Crippen LogP) is 5.85. The van der Waals surface area contributed by atoms with Gasteiger partial charge in [0.05, 0.1) is 24.6 Å². The lowest BCUT2D eigenvalue weighted by Crippen LogP contribution is -2.08. The van der Waals surface area contributed by atoms with E-state index in [9.17, 15) is 4.39 Å². The molecule has 3 aromatic rings. The molecule has 0 amide bonds. The molecule has 1 fully saturated rings. The Bertz CT molecular complexity index is 936. The van der Waals surface area contributed by atoms with Gasteiger partial charge in [0.25, 0.3) is 0 Å². The zero-order valence-corrected chi connectivity index (χ0v) is 16.3. The lowest BCUT2D eigenvalue weighted by molar-refractivity contribution is 0.0455. The Morgan fingerprint density at radius 1 is 1.18 bits per heavy atom. The molecule has 0 bridgehead atoms. The van der Waals surface area contributed by atoms with E-state index in [1.54, 1.807) is 12.3 Å². The van der Waals surface area contributed by atoms with E-state index in [0.29, 0.717) is 11.7 Å². The first-order chi connectivity index (χ1) is 13.8. The van der Waals surface area contributed by atoms with Crippen molar-refractivity contribution in [1.82, 2.24) is 4.98 Å². The van der Waals surface area contributed by atoms with Crippen LogP contribution in [-0.4, -0.2) is 17.3 Å². The van der Waals surface area contributed by atoms with Gasteiger partial charge < -0.3 is 4.74 Å². The van der Waals surface area contributed by atoms with Crippen LogP contribution >= 0.6 is 11.3 Å². The average Bonchev–Trinajstić information content (AvgIpc) is 3.40. The van der Waals surface area contributed by atoms with Crippen molar-refractivity contribution >= 4 is 22.7 Å². The number of hydrogen-bond acceptors (Lipinski definition) is 5. The second-order valence-corrected chi connectivity index (χ2v) is 7.69. The number of hydrazone groups is 1. The Morgan fingerprint density at radius 2 is 2.00 bits per heavy atom. The number of benzene rings is 2. The third kappa shape index (κ3) is 4.82. The van der Waals surface area contributed by atoms with Crippen molar-refractivity contribution < 1.29 is 9.13 Å². The highest BCUT2D eigenvalue weighted by atomic mass is 32.1. The summed E-state index contributed by atoms with van der Waals surface area (Å²) in [5.41, 5.74) is 6.59. The van der Waals surface area contributed by atoms with E-state index >= 15 is 0 Å². The number of halogens is 1. The predicted molar refractivity (Wildman–Crippen MR) is 112 cm³/mol. The van der Waals surface area contributed by atoms with Crippen LogP contribution in [0.15, 0.2) is 59.0 Å². The van der Waals surface area contributed by atoms with Gasteiger partial charge in [-0.3, -0.25) is 5.43 Å². The number of ether oxygens (including phenoxy) is 1. The van der Waals surface area contributed by atoms with Gasteiger partial charge in [0, 0.05) is 16.5 Å². The lowest BCUT2D eigenvalue weighted by atomic mass is 10.1. The molecule has 0 aliphatic heterocycles. The van der Waals surface area contributed by atoms with E-state index in [1.807, 2.05) is 35.7 Å². The maximum atomic E-state index is 13.7. The second-order valence-electron chi connectivity index (χ2n) is 6.83. The van der Waals surface area contributed by atoms with E-state index in [2.05, 4.69) is 15.5 Å². The van der Waals surface area contributed by atoms with Crippen LogP contribution in [0.3, 0.4) is 0 Å². The van der Waals surface area contributed by atoms with E-state index in [0.717, 1.165) is 35.2 Å². The van der Waals surface area contributed by atoms with Crippen LogP contribution in [0.5, 0.6) is 0 Å². The number of nitrogens with one attached hydrogen (secondary N) is 1. The summed E-state index contributed by atoms with van der Waals surface area (Å²) in [6.45, 7) is 0.402. The molecule has 2 aromatic carbocycles. The molecule has 1 heterocycles. The van der Waals surface area contributed by atoms with Crippen LogP contribution in [0, 0.1) is 5.82 Å². The fourth-order valence-corrected chi connectivity index (χ4v) is 3.98. The maximum Gasteiger partial charge on any atom is 0.203 e. The molecule has 1 N–H and O–H groups in total. The SMILES string of the molecule is Fc1ccc(C=NNc2nc(-c3ccccc3)cs2)c(COC2CCCC2)c1. The third-order valence-electron chi connectivity index (χ3n) is 4.82. The molecule has 1 aliphatic rings. The van der Waals surface area contributed by atoms with Crippen molar-refractivity contribution in [2.24, 2.45) is 5.10 Å². The van der Waals surface area contributed by atoms with Crippen LogP contribution < -0.4 is 5.43 Å². The Balaban J connectivity index is 1.41. The molecule has 6 heteroatoms. The van der Waals surface area contributed by atoms with Gasteiger partial charge in [-0.15, -0.1) is 11.3 Å². The summed E-state index contributed by atoms with van der Waals surface area (Å²) < 4.78 is 19.6. The summed E-state index contributed by atoms with van der Waals surface area (Å²) in [7, 11) is 0. The van der Waals surface area contributed by atoms with Gasteiger partial charge >= 0.3 is 0 Å². The van der Waals surface area contributed by atoms with Crippen LogP contribution in [-0.2, 0) is 11.3 Å². The minimum Gasteiger partial charge on any atom is -0.374 e. The Morgan fingerprint density at radius 3 is 2.82 bits per heavy atom. The number of thiazole rings is 1. The molecule has 28 heavy (non-hydrogen) atoms. The number of rotatable bonds is 7. The summed E-state index contributed by atoms with van der Waals surface area (Å²) >= 11 is 1.49. The molecule has 1 saturated carbocycles. The fraction of sp³-hybridized carbons (Fsp3) is 0.273. The van der Waals surface area contributed by atoms with Crippen LogP contribution in [0.4, 0.5) is 9.52 Å². The monoisotopic (exact) mass is 395 g/mol. The largest absolute Gasteiger partial charge is 0.374 e. The quantitative estimate of drug-likeness (QED) is 0.403.